The first-order valence-corrected chi connectivity index (χ1v) is 14.3. The van der Waals surface area contributed by atoms with Gasteiger partial charge in [-0.25, -0.2) is 13.8 Å². The normalized spacial score (nSPS) is 16.4. The number of aromatic amines is 1. The molecule has 0 radical (unpaired) electrons. The Morgan fingerprint density at radius 3 is 2.62 bits per heavy atom. The number of hydrogen-bond acceptors (Lipinski definition) is 5. The molecule has 9 heteroatoms. The summed E-state index contributed by atoms with van der Waals surface area (Å²) in [5, 5.41) is 0. The molecule has 1 unspecified atom stereocenters. The topological polar surface area (TPSA) is 101 Å². The van der Waals surface area contributed by atoms with Crippen LogP contribution in [0, 0.1) is 18.6 Å². The lowest BCUT2D eigenvalue weighted by Gasteiger charge is -2.35. The van der Waals surface area contributed by atoms with Gasteiger partial charge in [-0.15, -0.1) is 0 Å². The minimum Gasteiger partial charge on any atom is -0.383 e. The number of nitrogens with one attached hydrogen (secondary N) is 1. The number of nitrogens with zero attached hydrogens (tertiary/aromatic N) is 4. The lowest BCUT2D eigenvalue weighted by molar-refractivity contribution is 0.0624. The Balaban J connectivity index is 1.28. The summed E-state index contributed by atoms with van der Waals surface area (Å²) >= 11 is 0. The summed E-state index contributed by atoms with van der Waals surface area (Å²) in [7, 11) is 0. The fraction of sp³-hybridized carbons (Fsp3) is 0.273. The van der Waals surface area contributed by atoms with E-state index in [0.29, 0.717) is 34.2 Å². The molecule has 1 amide bonds. The molecule has 0 saturated heterocycles. The highest BCUT2D eigenvalue weighted by Gasteiger charge is 2.36. The van der Waals surface area contributed by atoms with E-state index in [2.05, 4.69) is 21.0 Å². The number of amides is 1. The number of hydrogen-bond donors (Lipinski definition) is 2. The lowest BCUT2D eigenvalue weighted by Crippen LogP contribution is -2.37. The van der Waals surface area contributed by atoms with Crippen molar-refractivity contribution in [1.29, 1.82) is 0 Å². The molecule has 7 rings (SSSR count). The first kappa shape index (κ1) is 26.3. The van der Waals surface area contributed by atoms with E-state index in [1.165, 1.54) is 48.4 Å². The van der Waals surface area contributed by atoms with Crippen LogP contribution in [0.2, 0.25) is 0 Å². The number of H-pyrrole nitrogens is 1. The number of rotatable bonds is 6. The highest BCUT2D eigenvalue weighted by molar-refractivity contribution is 5.97. The van der Waals surface area contributed by atoms with Crippen LogP contribution in [0.25, 0.3) is 22.2 Å². The molecule has 4 heterocycles. The molecule has 2 aliphatic carbocycles. The SMILES string of the molecule is Cc1cc2[nH]c(C(=O)N(Cc3ccc(-c4c(F)cccc4F)cn3)C3CCCc4c(C5CC5)ccnc43)cc2nc1N. The summed E-state index contributed by atoms with van der Waals surface area (Å²) in [6.07, 6.45) is 8.35. The Morgan fingerprint density at radius 1 is 1.07 bits per heavy atom. The Morgan fingerprint density at radius 2 is 1.88 bits per heavy atom. The van der Waals surface area contributed by atoms with Gasteiger partial charge in [0.25, 0.3) is 5.91 Å². The number of aromatic nitrogens is 4. The van der Waals surface area contributed by atoms with Crippen molar-refractivity contribution < 1.29 is 13.6 Å². The number of carbonyl (C=O) groups excluding carboxylic acids is 1. The lowest BCUT2D eigenvalue weighted by atomic mass is 9.86. The average molecular weight is 565 g/mol. The van der Waals surface area contributed by atoms with Crippen molar-refractivity contribution in [2.24, 2.45) is 0 Å². The second kappa shape index (κ2) is 10.3. The van der Waals surface area contributed by atoms with E-state index in [9.17, 15) is 13.6 Å². The Bertz CT molecular complexity index is 1770. The van der Waals surface area contributed by atoms with E-state index in [0.717, 1.165) is 36.0 Å². The molecule has 1 saturated carbocycles. The number of fused-ring (bicyclic) bond motifs is 2. The molecule has 42 heavy (non-hydrogen) atoms. The van der Waals surface area contributed by atoms with Gasteiger partial charge in [0.05, 0.1) is 40.6 Å². The van der Waals surface area contributed by atoms with Crippen LogP contribution in [0.15, 0.2) is 60.9 Å². The van der Waals surface area contributed by atoms with Gasteiger partial charge in [-0.1, -0.05) is 12.1 Å². The van der Waals surface area contributed by atoms with Crippen molar-refractivity contribution in [3.8, 4) is 11.1 Å². The van der Waals surface area contributed by atoms with Crippen molar-refractivity contribution in [2.75, 3.05) is 5.73 Å². The number of benzene rings is 1. The van der Waals surface area contributed by atoms with E-state index < -0.39 is 11.6 Å². The maximum Gasteiger partial charge on any atom is 0.271 e. The second-order valence-corrected chi connectivity index (χ2v) is 11.3. The summed E-state index contributed by atoms with van der Waals surface area (Å²) in [6, 6.07) is 12.6. The highest BCUT2D eigenvalue weighted by Crippen LogP contribution is 2.45. The maximum absolute atomic E-state index is 14.4. The predicted molar refractivity (Wildman–Crippen MR) is 157 cm³/mol. The van der Waals surface area contributed by atoms with Gasteiger partial charge >= 0.3 is 0 Å². The molecule has 1 atom stereocenters. The molecule has 212 valence electrons. The predicted octanol–water partition coefficient (Wildman–Crippen LogP) is 6.79. The average Bonchev–Trinajstić information content (AvgIpc) is 3.76. The van der Waals surface area contributed by atoms with E-state index in [-0.39, 0.29) is 24.1 Å². The third-order valence-electron chi connectivity index (χ3n) is 8.47. The molecule has 0 spiro atoms. The van der Waals surface area contributed by atoms with E-state index >= 15 is 0 Å². The van der Waals surface area contributed by atoms with Gasteiger partial charge in [0.1, 0.15) is 23.1 Å². The number of pyridine rings is 3. The van der Waals surface area contributed by atoms with Crippen molar-refractivity contribution in [3.63, 3.8) is 0 Å². The van der Waals surface area contributed by atoms with Crippen molar-refractivity contribution in [1.82, 2.24) is 24.8 Å². The first-order chi connectivity index (χ1) is 20.4. The fourth-order valence-corrected chi connectivity index (χ4v) is 6.15. The van der Waals surface area contributed by atoms with Gasteiger partial charge < -0.3 is 15.6 Å². The fourth-order valence-electron chi connectivity index (χ4n) is 6.15. The number of aryl methyl sites for hydroxylation is 1. The molecular weight excluding hydrogens is 534 g/mol. The number of carbonyl (C=O) groups is 1. The molecule has 1 fully saturated rings. The van der Waals surface area contributed by atoms with Crippen molar-refractivity contribution in [2.45, 2.75) is 57.5 Å². The monoisotopic (exact) mass is 564 g/mol. The molecule has 0 bridgehead atoms. The summed E-state index contributed by atoms with van der Waals surface area (Å²) < 4.78 is 28.8. The second-order valence-electron chi connectivity index (χ2n) is 11.3. The zero-order valence-corrected chi connectivity index (χ0v) is 23.2. The number of nitrogen functional groups attached to an aromatic ring is 1. The minimum atomic E-state index is -0.652. The third-order valence-corrected chi connectivity index (χ3v) is 8.47. The van der Waals surface area contributed by atoms with Gasteiger partial charge in [-0.3, -0.25) is 14.8 Å². The van der Waals surface area contributed by atoms with Crippen LogP contribution in [0.4, 0.5) is 14.6 Å². The summed E-state index contributed by atoms with van der Waals surface area (Å²) in [5.41, 5.74) is 13.0. The standard InChI is InChI=1S/C33H30F2N6O/c1-18-14-26-27(40-32(18)36)15-28(39-26)33(42)41(29-7-2-4-23-22(19-8-9-19)12-13-37-31(23)29)17-21-11-10-20(16-38-21)30-24(34)5-3-6-25(30)35/h3,5-6,10-16,19,29,39H,2,4,7-9,17H2,1H3,(H2,36,40). The molecule has 3 N–H and O–H groups in total. The quantitative estimate of drug-likeness (QED) is 0.237. The van der Waals surface area contributed by atoms with Crippen molar-refractivity contribution in [3.05, 3.63) is 106 Å². The van der Waals surface area contributed by atoms with E-state index in [4.69, 9.17) is 10.7 Å². The van der Waals surface area contributed by atoms with Gasteiger partial charge in [-0.2, -0.15) is 0 Å². The molecule has 7 nitrogen and oxygen atoms in total. The van der Waals surface area contributed by atoms with Crippen LogP contribution in [-0.4, -0.2) is 30.7 Å². The molecular formula is C33H30F2N6O. The van der Waals surface area contributed by atoms with Gasteiger partial charge in [0.2, 0.25) is 0 Å². The third kappa shape index (κ3) is 4.68. The van der Waals surface area contributed by atoms with Gasteiger partial charge in [0.15, 0.2) is 0 Å². The molecule has 0 aliphatic heterocycles. The Hall–Kier alpha value is -4.66. The number of nitrogens with two attached hydrogens (primary N) is 1. The van der Waals surface area contributed by atoms with Crippen LogP contribution in [0.1, 0.15) is 76.2 Å². The Labute approximate surface area is 241 Å². The van der Waals surface area contributed by atoms with Crippen LogP contribution in [0.3, 0.4) is 0 Å². The highest BCUT2D eigenvalue weighted by atomic mass is 19.1. The smallest absolute Gasteiger partial charge is 0.271 e. The summed E-state index contributed by atoms with van der Waals surface area (Å²) in [6.45, 7) is 2.07. The summed E-state index contributed by atoms with van der Waals surface area (Å²) in [5.74, 6) is -0.509. The van der Waals surface area contributed by atoms with Crippen LogP contribution < -0.4 is 5.73 Å². The van der Waals surface area contributed by atoms with Crippen LogP contribution >= 0.6 is 0 Å². The van der Waals surface area contributed by atoms with Crippen LogP contribution in [-0.2, 0) is 13.0 Å². The van der Waals surface area contributed by atoms with Gasteiger partial charge in [-0.05, 0) is 98.0 Å². The first-order valence-electron chi connectivity index (χ1n) is 14.3. The minimum absolute atomic E-state index is 0.123. The van der Waals surface area contributed by atoms with Crippen molar-refractivity contribution >= 4 is 22.8 Å². The van der Waals surface area contributed by atoms with Crippen LogP contribution in [0.5, 0.6) is 0 Å². The Kier molecular flexibility index (Phi) is 6.45. The van der Waals surface area contributed by atoms with E-state index in [1.807, 2.05) is 24.1 Å². The molecule has 5 aromatic rings. The van der Waals surface area contributed by atoms with Gasteiger partial charge in [0, 0.05) is 18.0 Å². The zero-order chi connectivity index (χ0) is 29.0. The largest absolute Gasteiger partial charge is 0.383 e. The summed E-state index contributed by atoms with van der Waals surface area (Å²) in [4.78, 5) is 33.1. The zero-order valence-electron chi connectivity index (χ0n) is 23.2. The number of anilines is 1. The molecule has 4 aromatic heterocycles. The maximum atomic E-state index is 14.4. The van der Waals surface area contributed by atoms with E-state index in [1.54, 1.807) is 18.2 Å². The number of halogens is 2. The molecule has 1 aromatic carbocycles. The molecule has 2 aliphatic rings.